The quantitative estimate of drug-likeness (QED) is 0.573. The Morgan fingerprint density at radius 1 is 1.09 bits per heavy atom. The van der Waals surface area contributed by atoms with Crippen molar-refractivity contribution in [3.8, 4) is 0 Å². The van der Waals surface area contributed by atoms with Crippen LogP contribution < -0.4 is 17.0 Å². The first-order chi connectivity index (χ1) is 15.4. The molecule has 0 radical (unpaired) electrons. The van der Waals surface area contributed by atoms with Gasteiger partial charge in [0.15, 0.2) is 5.78 Å². The van der Waals surface area contributed by atoms with Crippen LogP contribution in [0.15, 0.2) is 58.3 Å². The highest BCUT2D eigenvalue weighted by Crippen LogP contribution is 2.31. The van der Waals surface area contributed by atoms with E-state index in [-0.39, 0.29) is 42.8 Å². The predicted octanol–water partition coefficient (Wildman–Crippen LogP) is 2.02. The third kappa shape index (κ3) is 3.93. The fraction of sp³-hybridized carbons (Fsp3) is 0.375. The summed E-state index contributed by atoms with van der Waals surface area (Å²) < 4.78 is 4.48. The molecule has 1 fully saturated rings. The molecule has 3 heterocycles. The maximum absolute atomic E-state index is 13.4. The summed E-state index contributed by atoms with van der Waals surface area (Å²) in [5.41, 5.74) is 7.09. The standard InChI is InChI=1S/C24H29N5O3/c1-3-28-23(31)21(22(25)29(24(28)32)15-17-9-5-4-6-10-17)20(30)16-27-14-8-12-19(27)18-11-7-13-26(18)2/h4-7,9-11,13,19H,3,8,12,14-16,25H2,1-2H3. The largest absolute Gasteiger partial charge is 0.384 e. The Morgan fingerprint density at radius 2 is 1.84 bits per heavy atom. The molecule has 4 rings (SSSR count). The lowest BCUT2D eigenvalue weighted by molar-refractivity contribution is 0.0917. The van der Waals surface area contributed by atoms with Crippen LogP contribution in [-0.2, 0) is 20.1 Å². The molecule has 1 atom stereocenters. The van der Waals surface area contributed by atoms with Crippen LogP contribution in [-0.4, -0.2) is 37.5 Å². The summed E-state index contributed by atoms with van der Waals surface area (Å²) in [7, 11) is 1.99. The summed E-state index contributed by atoms with van der Waals surface area (Å²) in [6.45, 7) is 2.94. The lowest BCUT2D eigenvalue weighted by atomic mass is 10.1. The van der Waals surface area contributed by atoms with Gasteiger partial charge in [-0.25, -0.2) is 4.79 Å². The zero-order valence-corrected chi connectivity index (χ0v) is 18.5. The Hall–Kier alpha value is -3.39. The van der Waals surface area contributed by atoms with Crippen LogP contribution in [0.4, 0.5) is 5.82 Å². The highest BCUT2D eigenvalue weighted by Gasteiger charge is 2.31. The normalized spacial score (nSPS) is 16.5. The number of nitrogen functional groups attached to an aromatic ring is 1. The number of nitrogens with two attached hydrogens (primary N) is 1. The van der Waals surface area contributed by atoms with Gasteiger partial charge in [-0.2, -0.15) is 0 Å². The van der Waals surface area contributed by atoms with Crippen molar-refractivity contribution >= 4 is 11.6 Å². The molecule has 1 aliphatic heterocycles. The molecule has 168 valence electrons. The number of aryl methyl sites for hydroxylation is 1. The Balaban J connectivity index is 1.70. The molecule has 0 spiro atoms. The minimum Gasteiger partial charge on any atom is -0.384 e. The summed E-state index contributed by atoms with van der Waals surface area (Å²) in [6.07, 6.45) is 3.92. The molecule has 0 amide bonds. The number of hydrogen-bond acceptors (Lipinski definition) is 5. The number of carbonyl (C=O) groups is 1. The molecule has 3 aromatic rings. The average molecular weight is 436 g/mol. The van der Waals surface area contributed by atoms with Gasteiger partial charge in [0.25, 0.3) is 5.56 Å². The van der Waals surface area contributed by atoms with Gasteiger partial charge in [0.05, 0.1) is 19.1 Å². The van der Waals surface area contributed by atoms with Crippen molar-refractivity contribution in [2.24, 2.45) is 7.05 Å². The topological polar surface area (TPSA) is 95.3 Å². The molecule has 0 saturated carbocycles. The van der Waals surface area contributed by atoms with E-state index in [4.69, 9.17) is 5.73 Å². The van der Waals surface area contributed by atoms with Gasteiger partial charge in [0.2, 0.25) is 0 Å². The highest BCUT2D eigenvalue weighted by molar-refractivity contribution is 6.01. The Labute approximate surface area is 186 Å². The van der Waals surface area contributed by atoms with E-state index in [1.807, 2.05) is 49.6 Å². The third-order valence-electron chi connectivity index (χ3n) is 6.28. The summed E-state index contributed by atoms with van der Waals surface area (Å²) in [4.78, 5) is 41.4. The van der Waals surface area contributed by atoms with E-state index in [0.717, 1.165) is 35.2 Å². The summed E-state index contributed by atoms with van der Waals surface area (Å²) in [5.74, 6) is -0.411. The summed E-state index contributed by atoms with van der Waals surface area (Å²) >= 11 is 0. The minimum atomic E-state index is -0.612. The van der Waals surface area contributed by atoms with Crippen LogP contribution in [0.2, 0.25) is 0 Å². The number of rotatable bonds is 7. The van der Waals surface area contributed by atoms with Crippen LogP contribution in [0.1, 0.15) is 47.4 Å². The fourth-order valence-electron chi connectivity index (χ4n) is 4.61. The summed E-state index contributed by atoms with van der Waals surface area (Å²) in [5, 5.41) is 0. The molecule has 0 bridgehead atoms. The number of Topliss-reactive ketones (excluding diaryl/α,β-unsaturated/α-hetero) is 1. The molecule has 1 unspecified atom stereocenters. The fourth-order valence-corrected chi connectivity index (χ4v) is 4.61. The molecule has 1 aliphatic rings. The molecule has 32 heavy (non-hydrogen) atoms. The van der Waals surface area contributed by atoms with Crippen LogP contribution in [0.25, 0.3) is 0 Å². The summed E-state index contributed by atoms with van der Waals surface area (Å²) in [6, 6.07) is 13.6. The van der Waals surface area contributed by atoms with Crippen LogP contribution in [0.5, 0.6) is 0 Å². The smallest absolute Gasteiger partial charge is 0.332 e. The maximum Gasteiger partial charge on any atom is 0.332 e. The lowest BCUT2D eigenvalue weighted by Crippen LogP contribution is -2.45. The molecule has 2 aromatic heterocycles. The van der Waals surface area contributed by atoms with Gasteiger partial charge >= 0.3 is 5.69 Å². The number of carbonyl (C=O) groups excluding carboxylic acids is 1. The number of nitrogens with zero attached hydrogens (tertiary/aromatic N) is 4. The predicted molar refractivity (Wildman–Crippen MR) is 124 cm³/mol. The van der Waals surface area contributed by atoms with Gasteiger partial charge in [-0.1, -0.05) is 30.3 Å². The third-order valence-corrected chi connectivity index (χ3v) is 6.28. The molecule has 2 N–H and O–H groups in total. The van der Waals surface area contributed by atoms with E-state index in [9.17, 15) is 14.4 Å². The van der Waals surface area contributed by atoms with Crippen molar-refractivity contribution in [1.29, 1.82) is 0 Å². The maximum atomic E-state index is 13.4. The van der Waals surface area contributed by atoms with E-state index >= 15 is 0 Å². The zero-order chi connectivity index (χ0) is 22.8. The van der Waals surface area contributed by atoms with E-state index in [0.29, 0.717) is 0 Å². The van der Waals surface area contributed by atoms with Crippen molar-refractivity contribution in [3.63, 3.8) is 0 Å². The van der Waals surface area contributed by atoms with Gasteiger partial charge in [0, 0.05) is 25.5 Å². The number of aromatic nitrogens is 3. The van der Waals surface area contributed by atoms with Gasteiger partial charge < -0.3 is 10.3 Å². The molecular weight excluding hydrogens is 406 g/mol. The first kappa shape index (κ1) is 21.8. The molecular formula is C24H29N5O3. The van der Waals surface area contributed by atoms with Crippen LogP contribution >= 0.6 is 0 Å². The number of ketones is 1. The van der Waals surface area contributed by atoms with Crippen molar-refractivity contribution in [2.45, 2.75) is 38.9 Å². The van der Waals surface area contributed by atoms with Gasteiger partial charge in [0.1, 0.15) is 11.4 Å². The first-order valence-corrected chi connectivity index (χ1v) is 11.0. The van der Waals surface area contributed by atoms with Gasteiger partial charge in [-0.15, -0.1) is 0 Å². The van der Waals surface area contributed by atoms with Crippen molar-refractivity contribution in [1.82, 2.24) is 18.6 Å². The van der Waals surface area contributed by atoms with Crippen molar-refractivity contribution in [3.05, 3.63) is 86.3 Å². The lowest BCUT2D eigenvalue weighted by Gasteiger charge is -2.25. The van der Waals surface area contributed by atoms with E-state index in [1.165, 1.54) is 4.57 Å². The molecule has 0 aliphatic carbocycles. The number of anilines is 1. The van der Waals surface area contributed by atoms with Crippen molar-refractivity contribution < 1.29 is 4.79 Å². The van der Waals surface area contributed by atoms with Crippen molar-refractivity contribution in [2.75, 3.05) is 18.8 Å². The Morgan fingerprint density at radius 3 is 2.50 bits per heavy atom. The van der Waals surface area contributed by atoms with E-state index in [2.05, 4.69) is 15.5 Å². The van der Waals surface area contributed by atoms with Crippen LogP contribution in [0.3, 0.4) is 0 Å². The SMILES string of the molecule is CCn1c(=O)c(C(=O)CN2CCCC2c2cccn2C)c(N)n(Cc2ccccc2)c1=O. The molecule has 1 aromatic carbocycles. The van der Waals surface area contributed by atoms with Crippen LogP contribution in [0, 0.1) is 0 Å². The highest BCUT2D eigenvalue weighted by atomic mass is 16.2. The Bertz CT molecular complexity index is 1240. The second kappa shape index (κ2) is 9.00. The van der Waals surface area contributed by atoms with Gasteiger partial charge in [-0.3, -0.25) is 23.6 Å². The average Bonchev–Trinajstić information content (AvgIpc) is 3.40. The molecule has 1 saturated heterocycles. The second-order valence-corrected chi connectivity index (χ2v) is 8.26. The minimum absolute atomic E-state index is 0.0619. The Kier molecular flexibility index (Phi) is 6.14. The number of hydrogen-bond donors (Lipinski definition) is 1. The molecule has 8 nitrogen and oxygen atoms in total. The monoisotopic (exact) mass is 435 g/mol. The van der Waals surface area contributed by atoms with E-state index < -0.39 is 11.2 Å². The number of benzene rings is 1. The second-order valence-electron chi connectivity index (χ2n) is 8.26. The number of likely N-dealkylation sites (tertiary alicyclic amines) is 1. The van der Waals surface area contributed by atoms with Gasteiger partial charge in [-0.05, 0) is 44.0 Å². The molecule has 8 heteroatoms. The zero-order valence-electron chi connectivity index (χ0n) is 18.5. The first-order valence-electron chi connectivity index (χ1n) is 11.0. The van der Waals surface area contributed by atoms with E-state index in [1.54, 1.807) is 6.92 Å².